The first kappa shape index (κ1) is 21.9. The fourth-order valence-corrected chi connectivity index (χ4v) is 2.95. The van der Waals surface area contributed by atoms with Gasteiger partial charge in [-0.3, -0.25) is 9.59 Å². The Morgan fingerprint density at radius 2 is 1.71 bits per heavy atom. The summed E-state index contributed by atoms with van der Waals surface area (Å²) in [6.07, 6.45) is -0.962. The molecule has 0 fully saturated rings. The zero-order valence-corrected chi connectivity index (χ0v) is 16.7. The van der Waals surface area contributed by atoms with Crippen molar-refractivity contribution in [2.75, 3.05) is 19.0 Å². The van der Waals surface area contributed by atoms with E-state index in [4.69, 9.17) is 0 Å². The number of alkyl halides is 3. The van der Waals surface area contributed by atoms with E-state index in [1.54, 1.807) is 24.3 Å². The number of carbonyl (C=O) groups excluding carboxylic acids is 2. The Bertz CT molecular complexity index is 1050. The number of nitrogens with zero attached hydrogens (tertiary/aromatic N) is 6. The van der Waals surface area contributed by atoms with E-state index in [0.29, 0.717) is 10.4 Å². The van der Waals surface area contributed by atoms with Crippen molar-refractivity contribution in [2.45, 2.75) is 19.3 Å². The average molecular weight is 432 g/mol. The van der Waals surface area contributed by atoms with Gasteiger partial charge in [-0.1, -0.05) is 30.3 Å². The van der Waals surface area contributed by atoms with E-state index in [-0.39, 0.29) is 12.1 Å². The van der Waals surface area contributed by atoms with Crippen LogP contribution in [0.4, 0.5) is 18.9 Å². The normalized spacial score (nSPS) is 11.3. The first-order chi connectivity index (χ1) is 14.7. The smallest absolute Gasteiger partial charge is 0.336 e. The van der Waals surface area contributed by atoms with Crippen molar-refractivity contribution in [3.8, 4) is 0 Å². The van der Waals surface area contributed by atoms with Crippen LogP contribution in [0, 0.1) is 0 Å². The van der Waals surface area contributed by atoms with Gasteiger partial charge in [0, 0.05) is 20.6 Å². The molecular formula is C20H19F3N6O2. The highest BCUT2D eigenvalue weighted by Gasteiger charge is 2.34. The lowest BCUT2D eigenvalue weighted by Gasteiger charge is -2.21. The maximum absolute atomic E-state index is 13.1. The Balaban J connectivity index is 1.96. The number of amides is 2. The van der Waals surface area contributed by atoms with Crippen molar-refractivity contribution in [2.24, 2.45) is 0 Å². The van der Waals surface area contributed by atoms with Crippen LogP contribution in [0.2, 0.25) is 0 Å². The van der Waals surface area contributed by atoms with Crippen LogP contribution in [0.1, 0.15) is 26.4 Å². The first-order valence-corrected chi connectivity index (χ1v) is 9.14. The molecule has 0 aliphatic carbocycles. The second-order valence-electron chi connectivity index (χ2n) is 6.79. The summed E-state index contributed by atoms with van der Waals surface area (Å²) < 4.78 is 39.7. The first-order valence-electron chi connectivity index (χ1n) is 9.14. The molecule has 1 aromatic carbocycles. The van der Waals surface area contributed by atoms with Crippen LogP contribution < -0.4 is 4.90 Å². The van der Waals surface area contributed by atoms with Gasteiger partial charge in [-0.25, -0.2) is 4.68 Å². The lowest BCUT2D eigenvalue weighted by molar-refractivity contribution is -0.142. The van der Waals surface area contributed by atoms with Gasteiger partial charge in [-0.2, -0.15) is 28.5 Å². The third-order valence-electron chi connectivity index (χ3n) is 4.47. The molecule has 3 aromatic rings. The van der Waals surface area contributed by atoms with Crippen LogP contribution in [-0.4, -0.2) is 57.0 Å². The van der Waals surface area contributed by atoms with Gasteiger partial charge in [0.05, 0.1) is 29.8 Å². The maximum atomic E-state index is 13.1. The molecule has 0 aliphatic rings. The predicted molar refractivity (Wildman–Crippen MR) is 105 cm³/mol. The van der Waals surface area contributed by atoms with Gasteiger partial charge in [0.25, 0.3) is 11.8 Å². The number of aromatic nitrogens is 4. The zero-order valence-electron chi connectivity index (χ0n) is 16.7. The van der Waals surface area contributed by atoms with Crippen LogP contribution in [0.25, 0.3) is 0 Å². The third-order valence-corrected chi connectivity index (χ3v) is 4.47. The van der Waals surface area contributed by atoms with Gasteiger partial charge in [0.15, 0.2) is 0 Å². The Hall–Kier alpha value is -3.76. The quantitative estimate of drug-likeness (QED) is 0.598. The number of hydrogen-bond acceptors (Lipinski definition) is 5. The molecule has 0 radical (unpaired) electrons. The van der Waals surface area contributed by atoms with Crippen LogP contribution in [-0.2, 0) is 13.1 Å². The molecule has 31 heavy (non-hydrogen) atoms. The summed E-state index contributed by atoms with van der Waals surface area (Å²) in [6.45, 7) is -1.35. The number of rotatable bonds is 6. The lowest BCUT2D eigenvalue weighted by Crippen LogP contribution is -2.34. The minimum Gasteiger partial charge on any atom is -0.336 e. The molecule has 8 nitrogen and oxygen atoms in total. The Labute approximate surface area is 175 Å². The topological polar surface area (TPSA) is 84.2 Å². The van der Waals surface area contributed by atoms with E-state index in [1.807, 2.05) is 6.07 Å². The molecule has 0 saturated heterocycles. The summed E-state index contributed by atoms with van der Waals surface area (Å²) in [5, 5.41) is 11.0. The lowest BCUT2D eigenvalue weighted by atomic mass is 10.1. The zero-order chi connectivity index (χ0) is 22.6. The van der Waals surface area contributed by atoms with Crippen LogP contribution >= 0.6 is 0 Å². The highest BCUT2D eigenvalue weighted by Crippen LogP contribution is 2.23. The molecular weight excluding hydrogens is 413 g/mol. The Morgan fingerprint density at radius 1 is 1.00 bits per heavy atom. The molecule has 0 atom stereocenters. The van der Waals surface area contributed by atoms with Crippen molar-refractivity contribution in [1.29, 1.82) is 0 Å². The summed E-state index contributed by atoms with van der Waals surface area (Å²) in [5.74, 6) is -1.45. The summed E-state index contributed by atoms with van der Waals surface area (Å²) in [4.78, 5) is 28.5. The van der Waals surface area contributed by atoms with Gasteiger partial charge in [-0.05, 0) is 11.6 Å². The molecule has 11 heteroatoms. The fourth-order valence-electron chi connectivity index (χ4n) is 2.95. The van der Waals surface area contributed by atoms with E-state index in [0.717, 1.165) is 16.7 Å². The highest BCUT2D eigenvalue weighted by atomic mass is 19.4. The van der Waals surface area contributed by atoms with Gasteiger partial charge in [-0.15, -0.1) is 0 Å². The van der Waals surface area contributed by atoms with E-state index in [1.165, 1.54) is 37.5 Å². The summed E-state index contributed by atoms with van der Waals surface area (Å²) >= 11 is 0. The average Bonchev–Trinajstić information content (AvgIpc) is 3.15. The minimum absolute atomic E-state index is 0.147. The van der Waals surface area contributed by atoms with Gasteiger partial charge in [0.1, 0.15) is 12.2 Å². The molecule has 0 spiro atoms. The van der Waals surface area contributed by atoms with Crippen molar-refractivity contribution >= 4 is 17.5 Å². The third kappa shape index (κ3) is 5.24. The van der Waals surface area contributed by atoms with Crippen molar-refractivity contribution in [3.05, 3.63) is 71.8 Å². The van der Waals surface area contributed by atoms with Crippen molar-refractivity contribution in [1.82, 2.24) is 24.9 Å². The van der Waals surface area contributed by atoms with Gasteiger partial charge in [0.2, 0.25) is 0 Å². The predicted octanol–water partition coefficient (Wildman–Crippen LogP) is 2.78. The fraction of sp³-hybridized carbons (Fsp3) is 0.250. The molecule has 0 aliphatic heterocycles. The number of halogens is 3. The van der Waals surface area contributed by atoms with Crippen LogP contribution in [0.3, 0.4) is 0 Å². The van der Waals surface area contributed by atoms with Gasteiger partial charge >= 0.3 is 6.18 Å². The van der Waals surface area contributed by atoms with Crippen LogP contribution in [0.5, 0.6) is 0 Å². The van der Waals surface area contributed by atoms with E-state index in [2.05, 4.69) is 15.3 Å². The number of carbonyl (C=O) groups is 2. The molecule has 2 heterocycles. The Kier molecular flexibility index (Phi) is 6.33. The standard InChI is InChI=1S/C20H19F3N6O2/c1-27(12-14-6-4-3-5-7-14)19(31)17-16(11-26-29(17)13-20(21,22)23)18(30)28(2)15-8-9-24-25-10-15/h3-11H,12-13H2,1-2H3. The SMILES string of the molecule is CN(Cc1ccccc1)C(=O)c1c(C(=O)N(C)c2ccnnc2)cnn1CC(F)(F)F. The molecule has 0 saturated carbocycles. The number of anilines is 1. The second kappa shape index (κ2) is 8.94. The molecule has 2 amide bonds. The Morgan fingerprint density at radius 3 is 2.32 bits per heavy atom. The molecule has 162 valence electrons. The number of benzene rings is 1. The second-order valence-corrected chi connectivity index (χ2v) is 6.79. The van der Waals surface area contributed by atoms with Crippen molar-refractivity contribution in [3.63, 3.8) is 0 Å². The summed E-state index contributed by atoms with van der Waals surface area (Å²) in [7, 11) is 2.87. The summed E-state index contributed by atoms with van der Waals surface area (Å²) in [5.41, 5.74) is 0.468. The minimum atomic E-state index is -4.62. The highest BCUT2D eigenvalue weighted by molar-refractivity contribution is 6.12. The van der Waals surface area contributed by atoms with E-state index in [9.17, 15) is 22.8 Å². The molecule has 0 N–H and O–H groups in total. The van der Waals surface area contributed by atoms with Crippen molar-refractivity contribution < 1.29 is 22.8 Å². The van der Waals surface area contributed by atoms with Gasteiger partial charge < -0.3 is 9.80 Å². The molecule has 0 bridgehead atoms. The van der Waals surface area contributed by atoms with Crippen LogP contribution in [0.15, 0.2) is 55.0 Å². The molecule has 3 rings (SSSR count). The monoisotopic (exact) mass is 432 g/mol. The largest absolute Gasteiger partial charge is 0.408 e. The summed E-state index contributed by atoms with van der Waals surface area (Å²) in [6, 6.07) is 10.5. The molecule has 0 unspecified atom stereocenters. The molecule has 2 aromatic heterocycles. The maximum Gasteiger partial charge on any atom is 0.408 e. The van der Waals surface area contributed by atoms with E-state index < -0.39 is 30.2 Å². The van der Waals surface area contributed by atoms with E-state index >= 15 is 0 Å². The number of hydrogen-bond donors (Lipinski definition) is 0.